The predicted octanol–water partition coefficient (Wildman–Crippen LogP) is -0.273. The fraction of sp³-hybridized carbons (Fsp3) is 1.00. The average molecular weight is 271 g/mol. The molecule has 104 valence electrons. The molecule has 8 heteroatoms. The number of hydrogen-bond acceptors (Lipinski definition) is 5. The Labute approximate surface area is 101 Å². The summed E-state index contributed by atoms with van der Waals surface area (Å²) >= 11 is 0. The van der Waals surface area contributed by atoms with Crippen molar-refractivity contribution in [3.05, 3.63) is 0 Å². The minimum Gasteiger partial charge on any atom is -0.394 e. The molecule has 0 saturated heterocycles. The molecule has 1 rings (SSSR count). The van der Waals surface area contributed by atoms with Gasteiger partial charge in [0.25, 0.3) is 0 Å². The maximum atomic E-state index is 9.93. The molecule has 1 fully saturated rings. The van der Waals surface area contributed by atoms with Gasteiger partial charge in [0, 0.05) is 6.04 Å². The number of aliphatic hydroxyl groups is 2. The van der Waals surface area contributed by atoms with Gasteiger partial charge < -0.3 is 25.7 Å². The maximum Gasteiger partial charge on any atom is 0.469 e. The van der Waals surface area contributed by atoms with E-state index in [1.54, 1.807) is 0 Å². The summed E-state index contributed by atoms with van der Waals surface area (Å²) in [6, 6.07) is 0.536. The molecule has 0 aromatic carbocycles. The fourth-order valence-corrected chi connectivity index (χ4v) is 1.74. The lowest BCUT2D eigenvalue weighted by atomic mass is 9.97. The van der Waals surface area contributed by atoms with E-state index in [0.717, 1.165) is 0 Å². The van der Waals surface area contributed by atoms with Gasteiger partial charge in [0.05, 0.1) is 13.2 Å². The Hall–Kier alpha value is -0.0100. The summed E-state index contributed by atoms with van der Waals surface area (Å²) in [6.45, 7) is -1.15. The largest absolute Gasteiger partial charge is 0.469 e. The van der Waals surface area contributed by atoms with Crippen molar-refractivity contribution in [2.75, 3.05) is 13.2 Å². The zero-order valence-corrected chi connectivity index (χ0v) is 10.6. The number of rotatable bonds is 4. The first kappa shape index (κ1) is 17.0. The van der Waals surface area contributed by atoms with Crippen molar-refractivity contribution in [3.8, 4) is 0 Å². The molecule has 17 heavy (non-hydrogen) atoms. The molecule has 0 bridgehead atoms. The van der Waals surface area contributed by atoms with Gasteiger partial charge in [0.2, 0.25) is 0 Å². The molecule has 0 spiro atoms. The van der Waals surface area contributed by atoms with Gasteiger partial charge in [-0.3, -0.25) is 4.52 Å². The van der Waals surface area contributed by atoms with Crippen molar-refractivity contribution in [2.24, 2.45) is 5.73 Å². The highest BCUT2D eigenvalue weighted by atomic mass is 31.2. The zero-order valence-electron chi connectivity index (χ0n) is 9.73. The van der Waals surface area contributed by atoms with Crippen molar-refractivity contribution in [2.45, 2.75) is 44.2 Å². The van der Waals surface area contributed by atoms with Crippen LogP contribution in [0.4, 0.5) is 0 Å². The summed E-state index contributed by atoms with van der Waals surface area (Å²) in [4.78, 5) is 16.1. The molecular weight excluding hydrogens is 249 g/mol. The molecule has 1 unspecified atom stereocenters. The first-order chi connectivity index (χ1) is 7.85. The molecule has 0 radical (unpaired) electrons. The average Bonchev–Trinajstić information content (AvgIpc) is 2.27. The van der Waals surface area contributed by atoms with Crippen LogP contribution < -0.4 is 5.73 Å². The van der Waals surface area contributed by atoms with E-state index in [0.29, 0.717) is 6.04 Å². The van der Waals surface area contributed by atoms with Crippen LogP contribution in [0.5, 0.6) is 0 Å². The smallest absolute Gasteiger partial charge is 0.394 e. The fourth-order valence-electron chi connectivity index (χ4n) is 1.37. The van der Waals surface area contributed by atoms with E-state index in [-0.39, 0.29) is 0 Å². The van der Waals surface area contributed by atoms with Crippen LogP contribution in [0.15, 0.2) is 0 Å². The molecule has 1 atom stereocenters. The summed E-state index contributed by atoms with van der Waals surface area (Å²) in [7, 11) is -4.50. The molecule has 1 aliphatic rings. The van der Waals surface area contributed by atoms with Crippen molar-refractivity contribution < 1.29 is 29.1 Å². The van der Waals surface area contributed by atoms with Gasteiger partial charge in [0.15, 0.2) is 0 Å². The number of aliphatic hydroxyl groups excluding tert-OH is 2. The number of phosphoric acid groups is 1. The topological polar surface area (TPSA) is 133 Å². The molecule has 0 aliphatic heterocycles. The van der Waals surface area contributed by atoms with Crippen molar-refractivity contribution in [1.82, 2.24) is 0 Å². The third kappa shape index (κ3) is 12.2. The van der Waals surface area contributed by atoms with Gasteiger partial charge in [-0.05, 0) is 12.8 Å². The van der Waals surface area contributed by atoms with E-state index in [2.05, 4.69) is 4.52 Å². The highest BCUT2D eigenvalue weighted by Crippen LogP contribution is 2.35. The summed E-state index contributed by atoms with van der Waals surface area (Å²) in [5.41, 5.74) is 5.63. The second-order valence-electron chi connectivity index (χ2n) is 4.02. The molecule has 7 nitrogen and oxygen atoms in total. The molecule has 0 aromatic heterocycles. The Morgan fingerprint density at radius 1 is 1.29 bits per heavy atom. The van der Waals surface area contributed by atoms with Gasteiger partial charge in [-0.1, -0.05) is 19.3 Å². The number of phosphoric ester groups is 1. The second-order valence-corrected chi connectivity index (χ2v) is 5.26. The van der Waals surface area contributed by atoms with Crippen LogP contribution in [0.3, 0.4) is 0 Å². The first-order valence-electron chi connectivity index (χ1n) is 5.59. The van der Waals surface area contributed by atoms with Crippen LogP contribution in [-0.2, 0) is 9.09 Å². The van der Waals surface area contributed by atoms with E-state index in [9.17, 15) is 4.57 Å². The predicted molar refractivity (Wildman–Crippen MR) is 62.1 cm³/mol. The van der Waals surface area contributed by atoms with Gasteiger partial charge in [-0.2, -0.15) is 0 Å². The van der Waals surface area contributed by atoms with E-state index in [1.807, 2.05) is 0 Å². The van der Waals surface area contributed by atoms with E-state index >= 15 is 0 Å². The quantitative estimate of drug-likeness (QED) is 0.444. The summed E-state index contributed by atoms with van der Waals surface area (Å²) < 4.78 is 13.8. The monoisotopic (exact) mass is 271 g/mol. The maximum absolute atomic E-state index is 9.93. The summed E-state index contributed by atoms with van der Waals surface area (Å²) in [5.74, 6) is 0. The second kappa shape index (κ2) is 8.99. The number of hydrogen-bond donors (Lipinski definition) is 5. The van der Waals surface area contributed by atoms with Crippen LogP contribution >= 0.6 is 7.82 Å². The van der Waals surface area contributed by atoms with Gasteiger partial charge >= 0.3 is 7.82 Å². The standard InChI is InChI=1S/C6H13N.C3H9O6P/c7-6-4-2-1-3-5-6;4-1-3(5)2-9-10(6,7)8/h6H,1-5,7H2;3-5H,1-2H2,(H2,6,7,8). The van der Waals surface area contributed by atoms with E-state index in [1.165, 1.54) is 32.1 Å². The zero-order chi connectivity index (χ0) is 13.3. The minimum atomic E-state index is -4.50. The molecule has 6 N–H and O–H groups in total. The van der Waals surface area contributed by atoms with Gasteiger partial charge in [0.1, 0.15) is 6.10 Å². The van der Waals surface area contributed by atoms with Gasteiger partial charge in [-0.15, -0.1) is 0 Å². The minimum absolute atomic E-state index is 0.536. The Bertz CT molecular complexity index is 228. The normalized spacial score (nSPS) is 19.4. The lowest BCUT2D eigenvalue weighted by Gasteiger charge is -2.15. The van der Waals surface area contributed by atoms with E-state index < -0.39 is 27.1 Å². The van der Waals surface area contributed by atoms with Crippen LogP contribution in [0, 0.1) is 0 Å². The number of nitrogens with two attached hydrogens (primary N) is 1. The molecular formula is C9H22NO6P. The van der Waals surface area contributed by atoms with E-state index in [4.69, 9.17) is 25.7 Å². The molecule has 0 amide bonds. The molecule has 0 heterocycles. The summed E-state index contributed by atoms with van der Waals surface area (Å²) in [6.07, 6.45) is 5.42. The first-order valence-corrected chi connectivity index (χ1v) is 7.12. The Morgan fingerprint density at radius 2 is 1.82 bits per heavy atom. The van der Waals surface area contributed by atoms with Crippen LogP contribution in [0.25, 0.3) is 0 Å². The van der Waals surface area contributed by atoms with Crippen LogP contribution in [0.1, 0.15) is 32.1 Å². The van der Waals surface area contributed by atoms with Crippen LogP contribution in [0.2, 0.25) is 0 Å². The van der Waals surface area contributed by atoms with Crippen molar-refractivity contribution in [1.29, 1.82) is 0 Å². The Balaban J connectivity index is 0.000000318. The lowest BCUT2D eigenvalue weighted by molar-refractivity contribution is 0.0419. The highest BCUT2D eigenvalue weighted by Gasteiger charge is 2.15. The highest BCUT2D eigenvalue weighted by molar-refractivity contribution is 7.46. The SMILES string of the molecule is NC1CCCCC1.O=P(O)(O)OCC(O)CO. The third-order valence-electron chi connectivity index (χ3n) is 2.30. The van der Waals surface area contributed by atoms with Crippen LogP contribution in [-0.4, -0.2) is 45.4 Å². The lowest BCUT2D eigenvalue weighted by Crippen LogP contribution is -2.22. The Kier molecular flexibility index (Phi) is 8.99. The molecule has 0 aromatic rings. The van der Waals surface area contributed by atoms with Gasteiger partial charge in [-0.25, -0.2) is 4.57 Å². The molecule has 1 aliphatic carbocycles. The van der Waals surface area contributed by atoms with Crippen molar-refractivity contribution in [3.63, 3.8) is 0 Å². The summed E-state index contributed by atoms with van der Waals surface area (Å²) in [5, 5.41) is 16.7. The third-order valence-corrected chi connectivity index (χ3v) is 2.78. The molecule has 1 saturated carbocycles. The van der Waals surface area contributed by atoms with Crippen molar-refractivity contribution >= 4 is 7.82 Å². The Morgan fingerprint density at radius 3 is 2.12 bits per heavy atom.